The number of hydrogen-bond donors (Lipinski definition) is 1. The quantitative estimate of drug-likeness (QED) is 0.650. The molecule has 1 amide bonds. The summed E-state index contributed by atoms with van der Waals surface area (Å²) in [5.41, 5.74) is -0.700. The highest BCUT2D eigenvalue weighted by Gasteiger charge is 2.40. The Morgan fingerprint density at radius 3 is 2.53 bits per heavy atom. The molecule has 102 valence electrons. The molecule has 1 aliphatic heterocycles. The number of Topliss-reactive ketones (excluding diaryl/α,β-unsaturated/α-hetero) is 1. The summed E-state index contributed by atoms with van der Waals surface area (Å²) < 4.78 is 27.2. The van der Waals surface area contributed by atoms with Gasteiger partial charge in [0.15, 0.2) is 0 Å². The van der Waals surface area contributed by atoms with Crippen molar-refractivity contribution in [2.45, 2.75) is 13.3 Å². The molecule has 0 saturated carbocycles. The molecule has 1 aromatic carbocycles. The fourth-order valence-corrected chi connectivity index (χ4v) is 2.06. The molecule has 0 saturated heterocycles. The molecule has 0 fully saturated rings. The highest BCUT2D eigenvalue weighted by Crippen LogP contribution is 2.33. The van der Waals surface area contributed by atoms with Crippen LogP contribution < -0.4 is 10.2 Å². The first kappa shape index (κ1) is 13.6. The molecule has 4 nitrogen and oxygen atoms in total. The van der Waals surface area contributed by atoms with E-state index >= 15 is 0 Å². The van der Waals surface area contributed by atoms with Crippen molar-refractivity contribution in [2.24, 2.45) is 0 Å². The van der Waals surface area contributed by atoms with Crippen molar-refractivity contribution in [3.63, 3.8) is 0 Å². The van der Waals surface area contributed by atoms with Gasteiger partial charge in [-0.25, -0.2) is 8.78 Å². The van der Waals surface area contributed by atoms with Crippen LogP contribution in [-0.2, 0) is 4.79 Å². The summed E-state index contributed by atoms with van der Waals surface area (Å²) in [7, 11) is 0. The summed E-state index contributed by atoms with van der Waals surface area (Å²) in [5.74, 6) is -3.48. The third-order valence-electron chi connectivity index (χ3n) is 2.95. The van der Waals surface area contributed by atoms with E-state index in [1.807, 2.05) is 6.92 Å². The van der Waals surface area contributed by atoms with E-state index in [4.69, 9.17) is 0 Å². The molecule has 0 radical (unpaired) electrons. The zero-order valence-electron chi connectivity index (χ0n) is 10.5. The average molecular weight is 268 g/mol. The van der Waals surface area contributed by atoms with E-state index in [2.05, 4.69) is 5.32 Å². The van der Waals surface area contributed by atoms with E-state index in [9.17, 15) is 18.4 Å². The van der Waals surface area contributed by atoms with Crippen molar-refractivity contribution >= 4 is 17.4 Å². The van der Waals surface area contributed by atoms with Gasteiger partial charge in [-0.15, -0.1) is 0 Å². The lowest BCUT2D eigenvalue weighted by atomic mass is 10.1. The van der Waals surface area contributed by atoms with Gasteiger partial charge in [0.05, 0.1) is 11.3 Å². The first-order chi connectivity index (χ1) is 9.07. The lowest BCUT2D eigenvalue weighted by Crippen LogP contribution is -2.36. The lowest BCUT2D eigenvalue weighted by Gasteiger charge is -2.17. The molecule has 1 N–H and O–H groups in total. The predicted molar refractivity (Wildman–Crippen MR) is 66.2 cm³/mol. The van der Waals surface area contributed by atoms with E-state index in [0.29, 0.717) is 6.54 Å². The molecule has 6 heteroatoms. The molecule has 0 aliphatic carbocycles. The molecule has 0 aromatic heterocycles. The third-order valence-corrected chi connectivity index (χ3v) is 2.95. The molecule has 0 atom stereocenters. The van der Waals surface area contributed by atoms with E-state index < -0.39 is 28.9 Å². The summed E-state index contributed by atoms with van der Waals surface area (Å²) in [6.45, 7) is 3.30. The molecule has 1 aromatic rings. The van der Waals surface area contributed by atoms with Crippen molar-refractivity contribution < 1.29 is 18.4 Å². The number of amides is 1. The predicted octanol–water partition coefficient (Wildman–Crippen LogP) is 1.49. The van der Waals surface area contributed by atoms with Gasteiger partial charge in [0.25, 0.3) is 11.7 Å². The van der Waals surface area contributed by atoms with Crippen LogP contribution in [0.3, 0.4) is 0 Å². The molecule has 1 heterocycles. The summed E-state index contributed by atoms with van der Waals surface area (Å²) in [6, 6.07) is 1.78. The van der Waals surface area contributed by atoms with Gasteiger partial charge in [-0.05, 0) is 25.1 Å². The van der Waals surface area contributed by atoms with Gasteiger partial charge in [-0.2, -0.15) is 0 Å². The maximum Gasteiger partial charge on any atom is 0.299 e. The third kappa shape index (κ3) is 2.35. The first-order valence-electron chi connectivity index (χ1n) is 6.12. The zero-order chi connectivity index (χ0) is 14.0. The minimum absolute atomic E-state index is 0.137. The van der Waals surface area contributed by atoms with Gasteiger partial charge in [0.1, 0.15) is 11.6 Å². The summed E-state index contributed by atoms with van der Waals surface area (Å²) in [6.07, 6.45) is 0.923. The Kier molecular flexibility index (Phi) is 3.90. The molecule has 0 bridgehead atoms. The normalized spacial score (nSPS) is 14.2. The van der Waals surface area contributed by atoms with Crippen LogP contribution in [-0.4, -0.2) is 31.3 Å². The van der Waals surface area contributed by atoms with Crippen LogP contribution in [0.4, 0.5) is 14.5 Å². The molecule has 0 unspecified atom stereocenters. The number of anilines is 1. The van der Waals surface area contributed by atoms with Gasteiger partial charge in [-0.1, -0.05) is 6.92 Å². The standard InChI is InChI=1S/C13H14F2N2O2/c1-2-5-16-6-7-17-11-9(15)4-3-8(14)10(11)12(18)13(17)19/h3-4,16H,2,5-7H2,1H3. The fraction of sp³-hybridized carbons (Fsp3) is 0.385. The van der Waals surface area contributed by atoms with Gasteiger partial charge in [0.2, 0.25) is 0 Å². The largest absolute Gasteiger partial charge is 0.315 e. The topological polar surface area (TPSA) is 49.4 Å². The van der Waals surface area contributed by atoms with Crippen LogP contribution in [0, 0.1) is 11.6 Å². The van der Waals surface area contributed by atoms with Crippen LogP contribution in [0.2, 0.25) is 0 Å². The highest BCUT2D eigenvalue weighted by atomic mass is 19.1. The van der Waals surface area contributed by atoms with Gasteiger partial charge >= 0.3 is 0 Å². The number of ketones is 1. The SMILES string of the molecule is CCCNCCN1C(=O)C(=O)c2c(F)ccc(F)c21. The number of nitrogens with zero attached hydrogens (tertiary/aromatic N) is 1. The molecule has 1 aliphatic rings. The molecular weight excluding hydrogens is 254 g/mol. The Balaban J connectivity index is 2.26. The number of halogens is 2. The van der Waals surface area contributed by atoms with Crippen molar-refractivity contribution in [3.8, 4) is 0 Å². The van der Waals surface area contributed by atoms with Crippen molar-refractivity contribution in [1.82, 2.24) is 5.32 Å². The molecular formula is C13H14F2N2O2. The Morgan fingerprint density at radius 1 is 1.16 bits per heavy atom. The van der Waals surface area contributed by atoms with Crippen LogP contribution in [0.25, 0.3) is 0 Å². The number of rotatable bonds is 5. The minimum Gasteiger partial charge on any atom is -0.315 e. The lowest BCUT2D eigenvalue weighted by molar-refractivity contribution is -0.114. The number of nitrogens with one attached hydrogen (secondary N) is 1. The molecule has 0 spiro atoms. The van der Waals surface area contributed by atoms with E-state index in [-0.39, 0.29) is 12.2 Å². The van der Waals surface area contributed by atoms with Gasteiger partial charge < -0.3 is 10.2 Å². The van der Waals surface area contributed by atoms with Crippen molar-refractivity contribution in [2.75, 3.05) is 24.5 Å². The highest BCUT2D eigenvalue weighted by molar-refractivity contribution is 6.52. The fourth-order valence-electron chi connectivity index (χ4n) is 2.06. The Labute approximate surface area is 109 Å². The van der Waals surface area contributed by atoms with Crippen LogP contribution >= 0.6 is 0 Å². The van der Waals surface area contributed by atoms with E-state index in [1.165, 1.54) is 0 Å². The number of fused-ring (bicyclic) bond motifs is 1. The molecule has 2 rings (SSSR count). The maximum absolute atomic E-state index is 13.7. The number of benzene rings is 1. The Hall–Kier alpha value is -1.82. The van der Waals surface area contributed by atoms with Gasteiger partial charge in [-0.3, -0.25) is 9.59 Å². The second-order valence-electron chi connectivity index (χ2n) is 4.29. The number of carbonyl (C=O) groups excluding carboxylic acids is 2. The van der Waals surface area contributed by atoms with Gasteiger partial charge in [0, 0.05) is 13.1 Å². The van der Waals surface area contributed by atoms with Crippen LogP contribution in [0.5, 0.6) is 0 Å². The second kappa shape index (κ2) is 5.44. The zero-order valence-corrected chi connectivity index (χ0v) is 10.5. The average Bonchev–Trinajstić information content (AvgIpc) is 2.65. The second-order valence-corrected chi connectivity index (χ2v) is 4.29. The first-order valence-corrected chi connectivity index (χ1v) is 6.12. The minimum atomic E-state index is -0.984. The monoisotopic (exact) mass is 268 g/mol. The number of carbonyl (C=O) groups is 2. The van der Waals surface area contributed by atoms with Crippen molar-refractivity contribution in [1.29, 1.82) is 0 Å². The maximum atomic E-state index is 13.7. The molecule has 19 heavy (non-hydrogen) atoms. The van der Waals surface area contributed by atoms with E-state index in [0.717, 1.165) is 30.0 Å². The Morgan fingerprint density at radius 2 is 1.84 bits per heavy atom. The Bertz CT molecular complexity index is 532. The summed E-state index contributed by atoms with van der Waals surface area (Å²) in [5, 5.41) is 3.04. The van der Waals surface area contributed by atoms with E-state index in [1.54, 1.807) is 0 Å². The number of hydrogen-bond acceptors (Lipinski definition) is 3. The van der Waals surface area contributed by atoms with Crippen molar-refractivity contribution in [3.05, 3.63) is 29.3 Å². The summed E-state index contributed by atoms with van der Waals surface area (Å²) in [4.78, 5) is 24.4. The summed E-state index contributed by atoms with van der Waals surface area (Å²) >= 11 is 0. The van der Waals surface area contributed by atoms with Crippen LogP contribution in [0.15, 0.2) is 12.1 Å². The smallest absolute Gasteiger partial charge is 0.299 e. The van der Waals surface area contributed by atoms with Crippen LogP contribution in [0.1, 0.15) is 23.7 Å².